The number of H-pyrrole nitrogens is 1. The molecule has 3 nitrogen and oxygen atoms in total. The first-order valence-electron chi connectivity index (χ1n) is 4.54. The van der Waals surface area contributed by atoms with Crippen LogP contribution in [0.15, 0.2) is 24.4 Å². The Morgan fingerprint density at radius 2 is 2.27 bits per heavy atom. The molecule has 0 aliphatic carbocycles. The van der Waals surface area contributed by atoms with Crippen LogP contribution in [0.5, 0.6) is 0 Å². The number of aromatic nitrogens is 1. The van der Waals surface area contributed by atoms with Gasteiger partial charge in [0.25, 0.3) is 6.47 Å². The Balaban J connectivity index is 2.51. The zero-order valence-electron chi connectivity index (χ0n) is 8.16. The van der Waals surface area contributed by atoms with Crippen LogP contribution in [0.1, 0.15) is 16.7 Å². The molecule has 4 heteroatoms. The molecule has 2 rings (SSSR count). The van der Waals surface area contributed by atoms with Crippen LogP contribution in [0, 0.1) is 6.92 Å². The summed E-state index contributed by atoms with van der Waals surface area (Å²) in [5.41, 5.74) is 2.17. The van der Waals surface area contributed by atoms with E-state index in [1.165, 1.54) is 0 Å². The lowest BCUT2D eigenvalue weighted by Gasteiger charge is -2.11. The summed E-state index contributed by atoms with van der Waals surface area (Å²) in [6, 6.07) is 5.75. The lowest BCUT2D eigenvalue weighted by molar-refractivity contribution is -0.130. The van der Waals surface area contributed by atoms with Gasteiger partial charge in [0.1, 0.15) is 0 Å². The van der Waals surface area contributed by atoms with E-state index in [1.807, 2.05) is 31.3 Å². The predicted octanol–water partition coefficient (Wildman–Crippen LogP) is 2.89. The molecular formula is C11H10ClNO2. The first-order chi connectivity index (χ1) is 7.24. The average molecular weight is 224 g/mol. The van der Waals surface area contributed by atoms with E-state index in [-0.39, 0.29) is 0 Å². The van der Waals surface area contributed by atoms with Crippen molar-refractivity contribution in [3.63, 3.8) is 0 Å². The van der Waals surface area contributed by atoms with Gasteiger partial charge in [-0.1, -0.05) is 17.7 Å². The summed E-state index contributed by atoms with van der Waals surface area (Å²) in [5, 5.41) is 1.09. The second-order valence-corrected chi connectivity index (χ2v) is 3.66. The standard InChI is InChI=1S/C11H10ClNO2/c1-7-8-4-5-13-10(8)3-2-9(7)11(12)15-6-14/h2-6,11,13H,1H3. The van der Waals surface area contributed by atoms with E-state index < -0.39 is 5.56 Å². The van der Waals surface area contributed by atoms with Gasteiger partial charge in [-0.3, -0.25) is 4.79 Å². The van der Waals surface area contributed by atoms with Crippen LogP contribution in [-0.4, -0.2) is 11.5 Å². The van der Waals surface area contributed by atoms with Crippen molar-refractivity contribution in [1.82, 2.24) is 4.98 Å². The fourth-order valence-electron chi connectivity index (χ4n) is 1.67. The maximum atomic E-state index is 10.2. The lowest BCUT2D eigenvalue weighted by atomic mass is 10.1. The summed E-state index contributed by atoms with van der Waals surface area (Å²) < 4.78 is 4.71. The van der Waals surface area contributed by atoms with E-state index in [4.69, 9.17) is 16.3 Å². The summed E-state index contributed by atoms with van der Waals surface area (Å²) in [6.45, 7) is 2.31. The quantitative estimate of drug-likeness (QED) is 0.642. The molecule has 1 unspecified atom stereocenters. The topological polar surface area (TPSA) is 42.1 Å². The van der Waals surface area contributed by atoms with E-state index in [1.54, 1.807) is 0 Å². The third-order valence-corrected chi connectivity index (χ3v) is 2.80. The van der Waals surface area contributed by atoms with Crippen LogP contribution in [0.25, 0.3) is 10.9 Å². The number of rotatable bonds is 3. The van der Waals surface area contributed by atoms with Crippen LogP contribution in [0.4, 0.5) is 0 Å². The number of ether oxygens (including phenoxy) is 1. The van der Waals surface area contributed by atoms with E-state index in [9.17, 15) is 4.79 Å². The van der Waals surface area contributed by atoms with Crippen LogP contribution in [0.3, 0.4) is 0 Å². The van der Waals surface area contributed by atoms with Gasteiger partial charge >= 0.3 is 0 Å². The number of nitrogens with one attached hydrogen (secondary N) is 1. The summed E-state index contributed by atoms with van der Waals surface area (Å²) >= 11 is 5.92. The third-order valence-electron chi connectivity index (χ3n) is 2.47. The molecule has 0 aliphatic heterocycles. The molecule has 0 bridgehead atoms. The summed E-state index contributed by atoms with van der Waals surface area (Å²) in [5.74, 6) is 0. The zero-order chi connectivity index (χ0) is 10.8. The molecule has 15 heavy (non-hydrogen) atoms. The highest BCUT2D eigenvalue weighted by molar-refractivity contribution is 6.20. The van der Waals surface area contributed by atoms with E-state index in [0.29, 0.717) is 6.47 Å². The highest BCUT2D eigenvalue weighted by atomic mass is 35.5. The smallest absolute Gasteiger partial charge is 0.294 e. The van der Waals surface area contributed by atoms with Crippen LogP contribution in [0.2, 0.25) is 0 Å². The third kappa shape index (κ3) is 1.70. The molecule has 1 atom stereocenters. The summed E-state index contributed by atoms with van der Waals surface area (Å²) in [6.07, 6.45) is 1.87. The summed E-state index contributed by atoms with van der Waals surface area (Å²) in [4.78, 5) is 13.3. The molecule has 78 valence electrons. The highest BCUT2D eigenvalue weighted by Crippen LogP contribution is 2.29. The van der Waals surface area contributed by atoms with Gasteiger partial charge in [0.05, 0.1) is 0 Å². The number of alkyl halides is 1. The summed E-state index contributed by atoms with van der Waals surface area (Å²) in [7, 11) is 0. The number of benzene rings is 1. The van der Waals surface area contributed by atoms with Gasteiger partial charge in [-0.15, -0.1) is 0 Å². The van der Waals surface area contributed by atoms with Crippen molar-refractivity contribution >= 4 is 29.0 Å². The van der Waals surface area contributed by atoms with Crippen molar-refractivity contribution in [2.45, 2.75) is 12.5 Å². The number of fused-ring (bicyclic) bond motifs is 1. The molecule has 0 fully saturated rings. The lowest BCUT2D eigenvalue weighted by Crippen LogP contribution is -1.98. The van der Waals surface area contributed by atoms with Crippen molar-refractivity contribution in [2.75, 3.05) is 0 Å². The average Bonchev–Trinajstić information content (AvgIpc) is 2.67. The molecule has 1 heterocycles. The maximum Gasteiger partial charge on any atom is 0.294 e. The number of carbonyl (C=O) groups is 1. The number of carbonyl (C=O) groups excluding carboxylic acids is 1. The number of hydrogen-bond acceptors (Lipinski definition) is 2. The number of aromatic amines is 1. The van der Waals surface area contributed by atoms with Crippen molar-refractivity contribution in [1.29, 1.82) is 0 Å². The van der Waals surface area contributed by atoms with Crippen LogP contribution < -0.4 is 0 Å². The second-order valence-electron chi connectivity index (χ2n) is 3.27. The van der Waals surface area contributed by atoms with Crippen molar-refractivity contribution < 1.29 is 9.53 Å². The molecule has 0 amide bonds. The largest absolute Gasteiger partial charge is 0.444 e. The molecule has 0 saturated heterocycles. The van der Waals surface area contributed by atoms with E-state index in [0.717, 1.165) is 22.0 Å². The van der Waals surface area contributed by atoms with E-state index in [2.05, 4.69) is 4.98 Å². The van der Waals surface area contributed by atoms with Gasteiger partial charge in [0.15, 0.2) is 0 Å². The Bertz CT molecular complexity index is 492. The first kappa shape index (κ1) is 10.1. The monoisotopic (exact) mass is 223 g/mol. The van der Waals surface area contributed by atoms with Crippen molar-refractivity contribution in [2.24, 2.45) is 0 Å². The van der Waals surface area contributed by atoms with Crippen LogP contribution >= 0.6 is 11.6 Å². The minimum atomic E-state index is -0.721. The van der Waals surface area contributed by atoms with Gasteiger partial charge in [0.2, 0.25) is 5.56 Å². The number of halogens is 1. The van der Waals surface area contributed by atoms with Gasteiger partial charge in [-0.05, 0) is 24.6 Å². The fourth-order valence-corrected chi connectivity index (χ4v) is 1.95. The van der Waals surface area contributed by atoms with Gasteiger partial charge in [-0.25, -0.2) is 0 Å². The zero-order valence-corrected chi connectivity index (χ0v) is 8.91. The minimum absolute atomic E-state index is 0.360. The minimum Gasteiger partial charge on any atom is -0.444 e. The molecule has 0 aliphatic rings. The van der Waals surface area contributed by atoms with Gasteiger partial charge in [-0.2, -0.15) is 0 Å². The Kier molecular flexibility index (Phi) is 2.64. The Morgan fingerprint density at radius 1 is 1.47 bits per heavy atom. The first-order valence-corrected chi connectivity index (χ1v) is 4.97. The Hall–Kier alpha value is -1.48. The van der Waals surface area contributed by atoms with Crippen LogP contribution in [-0.2, 0) is 9.53 Å². The molecular weight excluding hydrogens is 214 g/mol. The predicted molar refractivity (Wildman–Crippen MR) is 58.8 cm³/mol. The normalized spacial score (nSPS) is 12.7. The fraction of sp³-hybridized carbons (Fsp3) is 0.182. The molecule has 2 aromatic rings. The Labute approximate surface area is 92.0 Å². The molecule has 0 saturated carbocycles. The molecule has 1 aromatic heterocycles. The van der Waals surface area contributed by atoms with Crippen molar-refractivity contribution in [3.05, 3.63) is 35.5 Å². The Morgan fingerprint density at radius 3 is 3.00 bits per heavy atom. The molecule has 1 N–H and O–H groups in total. The second kappa shape index (κ2) is 3.95. The van der Waals surface area contributed by atoms with Crippen molar-refractivity contribution in [3.8, 4) is 0 Å². The highest BCUT2D eigenvalue weighted by Gasteiger charge is 2.13. The molecule has 1 aromatic carbocycles. The number of aryl methyl sites for hydroxylation is 1. The van der Waals surface area contributed by atoms with E-state index >= 15 is 0 Å². The molecule has 0 radical (unpaired) electrons. The number of hydrogen-bond donors (Lipinski definition) is 1. The maximum absolute atomic E-state index is 10.2. The SMILES string of the molecule is Cc1c(C(Cl)OC=O)ccc2[nH]ccc12. The van der Waals surface area contributed by atoms with Gasteiger partial charge < -0.3 is 9.72 Å². The molecule has 0 spiro atoms. The van der Waals surface area contributed by atoms with Gasteiger partial charge in [0, 0.05) is 22.7 Å².